The van der Waals surface area contributed by atoms with Crippen LogP contribution in [0.25, 0.3) is 0 Å². The Morgan fingerprint density at radius 2 is 2.33 bits per heavy atom. The summed E-state index contributed by atoms with van der Waals surface area (Å²) in [6.07, 6.45) is 6.95. The first-order chi connectivity index (χ1) is 8.60. The third kappa shape index (κ3) is 2.93. The molecule has 0 amide bonds. The van der Waals surface area contributed by atoms with Crippen molar-refractivity contribution in [1.29, 1.82) is 0 Å². The minimum absolute atomic E-state index is 0.161. The molecule has 1 saturated carbocycles. The Morgan fingerprint density at radius 1 is 1.56 bits per heavy atom. The summed E-state index contributed by atoms with van der Waals surface area (Å²) in [4.78, 5) is 19.1. The van der Waals surface area contributed by atoms with Crippen molar-refractivity contribution in [1.82, 2.24) is 9.97 Å². The van der Waals surface area contributed by atoms with Crippen molar-refractivity contribution >= 4 is 23.7 Å². The fourth-order valence-electron chi connectivity index (χ4n) is 2.21. The number of aryl methyl sites for hydroxylation is 1. The summed E-state index contributed by atoms with van der Waals surface area (Å²) < 4.78 is 0. The average molecular weight is 267 g/mol. The number of hydrogen-bond acceptors (Lipinski definition) is 5. The number of rotatable bonds is 4. The van der Waals surface area contributed by atoms with Gasteiger partial charge in [0.05, 0.1) is 11.3 Å². The van der Waals surface area contributed by atoms with E-state index in [4.69, 9.17) is 5.11 Å². The standard InChI is InChI=1S/C12H17N3O2S/c1-7-10(11(16)17)6-13-12(14-7)15-8-3-4-9(5-8)18-2/h6,8-9H,3-5H2,1-2H3,(H,16,17)(H,13,14,15). The summed E-state index contributed by atoms with van der Waals surface area (Å²) in [7, 11) is 0. The van der Waals surface area contributed by atoms with Gasteiger partial charge < -0.3 is 10.4 Å². The van der Waals surface area contributed by atoms with E-state index in [1.165, 1.54) is 12.6 Å². The maximum Gasteiger partial charge on any atom is 0.339 e. The van der Waals surface area contributed by atoms with Crippen LogP contribution >= 0.6 is 11.8 Å². The Hall–Kier alpha value is -1.30. The number of hydrogen-bond donors (Lipinski definition) is 2. The Labute approximate surface area is 110 Å². The number of aromatic nitrogens is 2. The van der Waals surface area contributed by atoms with Crippen LogP contribution in [0, 0.1) is 6.92 Å². The monoisotopic (exact) mass is 267 g/mol. The molecule has 1 aromatic heterocycles. The van der Waals surface area contributed by atoms with Crippen LogP contribution in [0.3, 0.4) is 0 Å². The fourth-order valence-corrected chi connectivity index (χ4v) is 3.01. The van der Waals surface area contributed by atoms with Gasteiger partial charge in [-0.05, 0) is 32.4 Å². The lowest BCUT2D eigenvalue weighted by Gasteiger charge is -2.13. The van der Waals surface area contributed by atoms with Crippen molar-refractivity contribution < 1.29 is 9.90 Å². The maximum absolute atomic E-state index is 10.9. The number of nitrogens with one attached hydrogen (secondary N) is 1. The number of aromatic carboxylic acids is 1. The molecule has 5 nitrogen and oxygen atoms in total. The molecule has 0 aromatic carbocycles. The van der Waals surface area contributed by atoms with E-state index < -0.39 is 5.97 Å². The first kappa shape index (κ1) is 13.1. The molecule has 1 fully saturated rings. The second-order valence-corrected chi connectivity index (χ2v) is 5.65. The summed E-state index contributed by atoms with van der Waals surface area (Å²) >= 11 is 1.90. The van der Waals surface area contributed by atoms with Crippen LogP contribution in [0.1, 0.15) is 35.3 Å². The first-order valence-corrected chi connectivity index (χ1v) is 7.25. The quantitative estimate of drug-likeness (QED) is 0.871. The van der Waals surface area contributed by atoms with E-state index in [0.717, 1.165) is 12.8 Å². The highest BCUT2D eigenvalue weighted by Gasteiger charge is 2.24. The largest absolute Gasteiger partial charge is 0.478 e. The van der Waals surface area contributed by atoms with Crippen LogP contribution in [-0.4, -0.2) is 38.6 Å². The third-order valence-corrected chi connectivity index (χ3v) is 4.36. The van der Waals surface area contributed by atoms with Gasteiger partial charge in [-0.2, -0.15) is 11.8 Å². The number of thioether (sulfide) groups is 1. The van der Waals surface area contributed by atoms with E-state index in [0.29, 0.717) is 22.9 Å². The van der Waals surface area contributed by atoms with Crippen molar-refractivity contribution in [2.45, 2.75) is 37.5 Å². The van der Waals surface area contributed by atoms with E-state index in [1.54, 1.807) is 6.92 Å². The molecule has 0 aliphatic heterocycles. The topological polar surface area (TPSA) is 75.1 Å². The van der Waals surface area contributed by atoms with Crippen LogP contribution in [0.5, 0.6) is 0 Å². The number of anilines is 1. The molecule has 2 unspecified atom stereocenters. The van der Waals surface area contributed by atoms with Gasteiger partial charge in [0.2, 0.25) is 5.95 Å². The zero-order valence-corrected chi connectivity index (χ0v) is 11.3. The van der Waals surface area contributed by atoms with Gasteiger partial charge in [-0.15, -0.1) is 0 Å². The lowest BCUT2D eigenvalue weighted by atomic mass is 10.2. The predicted octanol–water partition coefficient (Wildman–Crippen LogP) is 2.18. The third-order valence-electron chi connectivity index (χ3n) is 3.26. The summed E-state index contributed by atoms with van der Waals surface area (Å²) in [6, 6.07) is 0.400. The molecule has 2 N–H and O–H groups in total. The van der Waals surface area contributed by atoms with Crippen LogP contribution in [-0.2, 0) is 0 Å². The molecule has 0 spiro atoms. The van der Waals surface area contributed by atoms with Gasteiger partial charge >= 0.3 is 5.97 Å². The van der Waals surface area contributed by atoms with Crippen LogP contribution < -0.4 is 5.32 Å². The number of carboxylic acids is 1. The molecular weight excluding hydrogens is 250 g/mol. The SMILES string of the molecule is CSC1CCC(Nc2ncc(C(=O)O)c(C)n2)C1. The number of nitrogens with zero attached hydrogens (tertiary/aromatic N) is 2. The highest BCUT2D eigenvalue weighted by molar-refractivity contribution is 7.99. The zero-order valence-electron chi connectivity index (χ0n) is 10.5. The summed E-state index contributed by atoms with van der Waals surface area (Å²) in [5, 5.41) is 12.9. The maximum atomic E-state index is 10.9. The molecule has 1 heterocycles. The van der Waals surface area contributed by atoms with Crippen LogP contribution in [0.2, 0.25) is 0 Å². The number of carboxylic acid groups (broad SMARTS) is 1. The molecule has 1 aromatic rings. The molecule has 2 rings (SSSR count). The lowest BCUT2D eigenvalue weighted by Crippen LogP contribution is -2.18. The smallest absolute Gasteiger partial charge is 0.339 e. The Morgan fingerprint density at radius 3 is 2.89 bits per heavy atom. The lowest BCUT2D eigenvalue weighted by molar-refractivity contribution is 0.0695. The fraction of sp³-hybridized carbons (Fsp3) is 0.583. The van der Waals surface area contributed by atoms with E-state index in [9.17, 15) is 4.79 Å². The van der Waals surface area contributed by atoms with Gasteiger partial charge in [0.1, 0.15) is 0 Å². The molecule has 1 aliphatic rings. The predicted molar refractivity (Wildman–Crippen MR) is 72.3 cm³/mol. The molecule has 1 aliphatic carbocycles. The van der Waals surface area contributed by atoms with Crippen molar-refractivity contribution in [3.05, 3.63) is 17.5 Å². The Kier molecular flexibility index (Phi) is 4.06. The Balaban J connectivity index is 2.02. The molecule has 0 bridgehead atoms. The molecule has 0 saturated heterocycles. The molecular formula is C12H17N3O2S. The van der Waals surface area contributed by atoms with Gasteiger partial charge in [-0.25, -0.2) is 14.8 Å². The number of carbonyl (C=O) groups is 1. The molecule has 6 heteroatoms. The molecule has 2 atom stereocenters. The van der Waals surface area contributed by atoms with Gasteiger partial charge in [-0.1, -0.05) is 0 Å². The van der Waals surface area contributed by atoms with Gasteiger partial charge in [-0.3, -0.25) is 0 Å². The van der Waals surface area contributed by atoms with Crippen molar-refractivity contribution in [3.63, 3.8) is 0 Å². The second-order valence-electron chi connectivity index (χ2n) is 4.51. The Bertz CT molecular complexity index is 453. The van der Waals surface area contributed by atoms with Crippen LogP contribution in [0.15, 0.2) is 6.20 Å². The molecule has 18 heavy (non-hydrogen) atoms. The highest BCUT2D eigenvalue weighted by Crippen LogP contribution is 2.29. The van der Waals surface area contributed by atoms with Crippen LogP contribution in [0.4, 0.5) is 5.95 Å². The molecule has 0 radical (unpaired) electrons. The summed E-state index contributed by atoms with van der Waals surface area (Å²) in [5.74, 6) is -0.452. The zero-order chi connectivity index (χ0) is 13.1. The van der Waals surface area contributed by atoms with Gasteiger partial charge in [0.15, 0.2) is 0 Å². The van der Waals surface area contributed by atoms with Crippen molar-refractivity contribution in [2.75, 3.05) is 11.6 Å². The minimum Gasteiger partial charge on any atom is -0.478 e. The summed E-state index contributed by atoms with van der Waals surface area (Å²) in [5.41, 5.74) is 0.661. The average Bonchev–Trinajstić information content (AvgIpc) is 2.76. The van der Waals surface area contributed by atoms with E-state index in [-0.39, 0.29) is 5.56 Å². The first-order valence-electron chi connectivity index (χ1n) is 5.96. The van der Waals surface area contributed by atoms with E-state index in [1.807, 2.05) is 11.8 Å². The van der Waals surface area contributed by atoms with Gasteiger partial charge in [0.25, 0.3) is 0 Å². The van der Waals surface area contributed by atoms with Gasteiger partial charge in [0, 0.05) is 17.5 Å². The van der Waals surface area contributed by atoms with E-state index in [2.05, 4.69) is 21.5 Å². The minimum atomic E-state index is -0.984. The van der Waals surface area contributed by atoms with Crippen molar-refractivity contribution in [3.8, 4) is 0 Å². The van der Waals surface area contributed by atoms with E-state index >= 15 is 0 Å². The normalized spacial score (nSPS) is 23.0. The summed E-state index contributed by atoms with van der Waals surface area (Å²) in [6.45, 7) is 1.69. The molecule has 98 valence electrons. The van der Waals surface area contributed by atoms with Crippen molar-refractivity contribution in [2.24, 2.45) is 0 Å². The highest BCUT2D eigenvalue weighted by atomic mass is 32.2. The second kappa shape index (κ2) is 5.56.